The molecule has 0 spiro atoms. The van der Waals surface area contributed by atoms with Gasteiger partial charge in [-0.2, -0.15) is 10.5 Å². The highest BCUT2D eigenvalue weighted by molar-refractivity contribution is 5.96. The van der Waals surface area contributed by atoms with Crippen molar-refractivity contribution in [3.8, 4) is 34.8 Å². The molecule has 0 unspecified atom stereocenters. The summed E-state index contributed by atoms with van der Waals surface area (Å²) in [5.41, 5.74) is 0.851. The topological polar surface area (TPSA) is 118 Å². The van der Waals surface area contributed by atoms with Crippen molar-refractivity contribution in [3.05, 3.63) is 47.0 Å². The van der Waals surface area contributed by atoms with Gasteiger partial charge in [-0.15, -0.1) is 0 Å². The summed E-state index contributed by atoms with van der Waals surface area (Å²) in [6, 6.07) is 11.3. The zero-order chi connectivity index (χ0) is 18.7. The van der Waals surface area contributed by atoms with E-state index in [1.807, 2.05) is 12.1 Å². The summed E-state index contributed by atoms with van der Waals surface area (Å²) in [6.45, 7) is 1.95. The number of phenols is 2. The molecule has 0 saturated carbocycles. The first kappa shape index (κ1) is 17.3. The second-order valence-electron chi connectivity index (χ2n) is 5.75. The van der Waals surface area contributed by atoms with Gasteiger partial charge in [0.2, 0.25) is 0 Å². The molecule has 2 N–H and O–H groups in total. The third-order valence-corrected chi connectivity index (χ3v) is 4.21. The maximum Gasteiger partial charge on any atom is 0.254 e. The van der Waals surface area contributed by atoms with Crippen LogP contribution in [-0.4, -0.2) is 47.3 Å². The largest absolute Gasteiger partial charge is 0.504 e. The van der Waals surface area contributed by atoms with Gasteiger partial charge in [0.1, 0.15) is 11.6 Å². The van der Waals surface area contributed by atoms with Gasteiger partial charge in [-0.25, -0.2) is 0 Å². The highest BCUT2D eigenvalue weighted by atomic mass is 16.5. The second kappa shape index (κ2) is 7.14. The molecule has 2 aromatic carbocycles. The van der Waals surface area contributed by atoms with E-state index in [1.165, 1.54) is 0 Å². The van der Waals surface area contributed by atoms with Crippen LogP contribution >= 0.6 is 0 Å². The molecule has 1 aliphatic rings. The maximum absolute atomic E-state index is 12.7. The van der Waals surface area contributed by atoms with Gasteiger partial charge in [-0.05, 0) is 17.7 Å². The second-order valence-corrected chi connectivity index (χ2v) is 5.75. The van der Waals surface area contributed by atoms with Crippen molar-refractivity contribution in [2.75, 3.05) is 26.3 Å². The van der Waals surface area contributed by atoms with Crippen LogP contribution < -0.4 is 0 Å². The highest BCUT2D eigenvalue weighted by Gasteiger charge is 2.22. The molecule has 0 radical (unpaired) electrons. The Balaban J connectivity index is 2.09. The first-order chi connectivity index (χ1) is 12.6. The summed E-state index contributed by atoms with van der Waals surface area (Å²) < 4.78 is 5.25. The van der Waals surface area contributed by atoms with Crippen LogP contribution in [0.25, 0.3) is 11.1 Å². The van der Waals surface area contributed by atoms with Crippen molar-refractivity contribution >= 4 is 5.91 Å². The molecular weight excluding hydrogens is 334 g/mol. The molecule has 0 bridgehead atoms. The van der Waals surface area contributed by atoms with Crippen molar-refractivity contribution in [1.82, 2.24) is 4.90 Å². The molecule has 3 rings (SSSR count). The molecule has 1 heterocycles. The molecule has 0 aromatic heterocycles. The van der Waals surface area contributed by atoms with Gasteiger partial charge in [-0.1, -0.05) is 12.1 Å². The molecule has 26 heavy (non-hydrogen) atoms. The zero-order valence-electron chi connectivity index (χ0n) is 13.8. The summed E-state index contributed by atoms with van der Waals surface area (Å²) in [6.07, 6.45) is 0. The van der Waals surface area contributed by atoms with E-state index in [0.717, 1.165) is 6.07 Å². The summed E-state index contributed by atoms with van der Waals surface area (Å²) in [4.78, 5) is 14.3. The number of carbonyl (C=O) groups excluding carboxylic acids is 1. The van der Waals surface area contributed by atoms with E-state index in [2.05, 4.69) is 0 Å². The Bertz CT molecular complexity index is 950. The van der Waals surface area contributed by atoms with Crippen molar-refractivity contribution < 1.29 is 19.7 Å². The predicted molar refractivity (Wildman–Crippen MR) is 91.4 cm³/mol. The fraction of sp³-hybridized carbons (Fsp3) is 0.211. The van der Waals surface area contributed by atoms with Crippen molar-refractivity contribution in [2.45, 2.75) is 0 Å². The number of morpholine rings is 1. The Morgan fingerprint density at radius 1 is 1.12 bits per heavy atom. The highest BCUT2D eigenvalue weighted by Crippen LogP contribution is 2.39. The number of benzene rings is 2. The summed E-state index contributed by atoms with van der Waals surface area (Å²) in [5, 5.41) is 38.4. The van der Waals surface area contributed by atoms with Crippen LogP contribution in [0.4, 0.5) is 0 Å². The lowest BCUT2D eigenvalue weighted by atomic mass is 9.93. The number of carbonyl (C=O) groups is 1. The Kier molecular flexibility index (Phi) is 4.74. The van der Waals surface area contributed by atoms with Gasteiger partial charge >= 0.3 is 0 Å². The Morgan fingerprint density at radius 3 is 2.50 bits per heavy atom. The average Bonchev–Trinajstić information content (AvgIpc) is 2.69. The van der Waals surface area contributed by atoms with Gasteiger partial charge in [0.15, 0.2) is 11.5 Å². The zero-order valence-corrected chi connectivity index (χ0v) is 13.8. The molecule has 7 nitrogen and oxygen atoms in total. The van der Waals surface area contributed by atoms with Crippen LogP contribution in [0.15, 0.2) is 30.3 Å². The smallest absolute Gasteiger partial charge is 0.254 e. The van der Waals surface area contributed by atoms with E-state index in [0.29, 0.717) is 37.4 Å². The Labute approximate surface area is 149 Å². The van der Waals surface area contributed by atoms with E-state index < -0.39 is 11.5 Å². The molecule has 1 amide bonds. The monoisotopic (exact) mass is 349 g/mol. The van der Waals surface area contributed by atoms with Crippen molar-refractivity contribution in [2.24, 2.45) is 0 Å². The molecule has 1 aliphatic heterocycles. The Hall–Kier alpha value is -3.55. The minimum absolute atomic E-state index is 0.0350. The lowest BCUT2D eigenvalue weighted by molar-refractivity contribution is 0.0303. The van der Waals surface area contributed by atoms with E-state index in [4.69, 9.17) is 4.74 Å². The third kappa shape index (κ3) is 3.04. The molecule has 0 aliphatic carbocycles. The van der Waals surface area contributed by atoms with Gasteiger partial charge in [-0.3, -0.25) is 4.79 Å². The number of ether oxygens (including phenoxy) is 1. The third-order valence-electron chi connectivity index (χ3n) is 4.21. The summed E-state index contributed by atoms with van der Waals surface area (Å²) in [7, 11) is 0. The molecule has 2 aromatic rings. The van der Waals surface area contributed by atoms with Crippen molar-refractivity contribution in [1.29, 1.82) is 10.5 Å². The van der Waals surface area contributed by atoms with E-state index >= 15 is 0 Å². The van der Waals surface area contributed by atoms with Crippen LogP contribution in [-0.2, 0) is 4.74 Å². The summed E-state index contributed by atoms with van der Waals surface area (Å²) in [5.74, 6) is -1.30. The molecule has 7 heteroatoms. The number of hydrogen-bond donors (Lipinski definition) is 2. The number of rotatable bonds is 2. The number of amides is 1. The Morgan fingerprint density at radius 2 is 1.85 bits per heavy atom. The van der Waals surface area contributed by atoms with Crippen LogP contribution in [0, 0.1) is 22.7 Å². The number of nitriles is 2. The van der Waals surface area contributed by atoms with Crippen LogP contribution in [0.2, 0.25) is 0 Å². The molecular formula is C19H15N3O4. The van der Waals surface area contributed by atoms with E-state index in [-0.39, 0.29) is 22.6 Å². The lowest BCUT2D eigenvalue weighted by Crippen LogP contribution is -2.40. The molecule has 0 atom stereocenters. The number of hydrogen-bond acceptors (Lipinski definition) is 6. The van der Waals surface area contributed by atoms with Crippen LogP contribution in [0.5, 0.6) is 11.5 Å². The average molecular weight is 349 g/mol. The van der Waals surface area contributed by atoms with Crippen molar-refractivity contribution in [3.63, 3.8) is 0 Å². The molecule has 1 fully saturated rings. The maximum atomic E-state index is 12.7. The normalized spacial score (nSPS) is 13.7. The number of phenolic OH excluding ortho intramolecular Hbond substituents is 2. The van der Waals surface area contributed by atoms with Crippen LogP contribution in [0.3, 0.4) is 0 Å². The summed E-state index contributed by atoms with van der Waals surface area (Å²) >= 11 is 0. The predicted octanol–water partition coefficient (Wildman–Crippen LogP) is 1.98. The fourth-order valence-corrected chi connectivity index (χ4v) is 2.91. The fourth-order valence-electron chi connectivity index (χ4n) is 2.91. The molecule has 1 saturated heterocycles. The minimum Gasteiger partial charge on any atom is -0.504 e. The quantitative estimate of drug-likeness (QED) is 0.801. The van der Waals surface area contributed by atoms with Crippen LogP contribution in [0.1, 0.15) is 21.5 Å². The minimum atomic E-state index is -0.591. The van der Waals surface area contributed by atoms with E-state index in [9.17, 15) is 25.5 Å². The van der Waals surface area contributed by atoms with E-state index in [1.54, 1.807) is 29.2 Å². The number of nitrogens with zero attached hydrogens (tertiary/aromatic N) is 3. The first-order valence-corrected chi connectivity index (χ1v) is 7.93. The standard InChI is InChI=1S/C19H15N3O4/c20-10-14-9-16(23)18(24)15(11-21)17(14)12-2-1-3-13(8-12)19(25)22-4-6-26-7-5-22/h1-3,8-9,23-24H,4-7H2. The number of aromatic hydroxyl groups is 2. The lowest BCUT2D eigenvalue weighted by Gasteiger charge is -2.27. The first-order valence-electron chi connectivity index (χ1n) is 7.93. The SMILES string of the molecule is N#Cc1cc(O)c(O)c(C#N)c1-c1cccc(C(=O)N2CCOCC2)c1. The molecule has 130 valence electrons. The van der Waals surface area contributed by atoms with Gasteiger partial charge < -0.3 is 19.8 Å². The van der Waals surface area contributed by atoms with Gasteiger partial charge in [0.05, 0.1) is 24.8 Å². The van der Waals surface area contributed by atoms with Gasteiger partial charge in [0, 0.05) is 30.3 Å². The van der Waals surface area contributed by atoms with Gasteiger partial charge in [0.25, 0.3) is 5.91 Å².